The number of aromatic amines is 1. The van der Waals surface area contributed by atoms with Gasteiger partial charge in [0.2, 0.25) is 5.91 Å². The van der Waals surface area contributed by atoms with E-state index in [1.807, 2.05) is 0 Å². The standard InChI is InChI=1S/C13H21N5O/c19-13(15-6-5-9-7-14-8-16-9)12-10-3-1-2-4-11(10)17-18-12/h7-8,10-12,17-18H,1-6H2,(H,14,16)(H,15,19). The van der Waals surface area contributed by atoms with Gasteiger partial charge in [0.15, 0.2) is 0 Å². The molecule has 1 amide bonds. The van der Waals surface area contributed by atoms with Crippen LogP contribution >= 0.6 is 0 Å². The zero-order valence-corrected chi connectivity index (χ0v) is 11.0. The fourth-order valence-electron chi connectivity index (χ4n) is 3.15. The zero-order valence-electron chi connectivity index (χ0n) is 11.0. The van der Waals surface area contributed by atoms with Crippen molar-refractivity contribution in [2.45, 2.75) is 44.2 Å². The van der Waals surface area contributed by atoms with Crippen molar-refractivity contribution >= 4 is 5.91 Å². The number of hydrogen-bond donors (Lipinski definition) is 4. The van der Waals surface area contributed by atoms with Gasteiger partial charge in [-0.25, -0.2) is 10.4 Å². The highest BCUT2D eigenvalue weighted by Gasteiger charge is 2.40. The van der Waals surface area contributed by atoms with Crippen molar-refractivity contribution in [3.05, 3.63) is 18.2 Å². The highest BCUT2D eigenvalue weighted by Crippen LogP contribution is 2.29. The third-order valence-electron chi connectivity index (χ3n) is 4.20. The maximum absolute atomic E-state index is 12.2. The van der Waals surface area contributed by atoms with Gasteiger partial charge in [0.25, 0.3) is 0 Å². The van der Waals surface area contributed by atoms with Crippen LogP contribution in [0.2, 0.25) is 0 Å². The van der Waals surface area contributed by atoms with E-state index in [-0.39, 0.29) is 11.9 Å². The molecule has 6 nitrogen and oxygen atoms in total. The Balaban J connectivity index is 1.47. The zero-order chi connectivity index (χ0) is 13.1. The molecule has 2 fully saturated rings. The Labute approximate surface area is 112 Å². The predicted molar refractivity (Wildman–Crippen MR) is 71.1 cm³/mol. The second-order valence-corrected chi connectivity index (χ2v) is 5.44. The summed E-state index contributed by atoms with van der Waals surface area (Å²) in [6.07, 6.45) is 9.07. The molecule has 1 aromatic rings. The second kappa shape index (κ2) is 5.71. The van der Waals surface area contributed by atoms with Crippen molar-refractivity contribution in [2.75, 3.05) is 6.54 Å². The number of hydrazine groups is 1. The lowest BCUT2D eigenvalue weighted by molar-refractivity contribution is -0.123. The third kappa shape index (κ3) is 2.79. The van der Waals surface area contributed by atoms with Gasteiger partial charge in [-0.3, -0.25) is 10.2 Å². The first-order valence-corrected chi connectivity index (χ1v) is 7.10. The lowest BCUT2D eigenvalue weighted by atomic mass is 9.81. The molecule has 0 bridgehead atoms. The van der Waals surface area contributed by atoms with Crippen LogP contribution in [-0.2, 0) is 11.2 Å². The van der Waals surface area contributed by atoms with E-state index in [2.05, 4.69) is 26.1 Å². The molecule has 1 aliphatic carbocycles. The fraction of sp³-hybridized carbons (Fsp3) is 0.692. The van der Waals surface area contributed by atoms with Crippen molar-refractivity contribution in [3.8, 4) is 0 Å². The van der Waals surface area contributed by atoms with Gasteiger partial charge in [0.1, 0.15) is 6.04 Å². The van der Waals surface area contributed by atoms with Crippen LogP contribution in [0.3, 0.4) is 0 Å². The molecule has 1 aromatic heterocycles. The van der Waals surface area contributed by atoms with Crippen molar-refractivity contribution < 1.29 is 4.79 Å². The molecule has 1 aliphatic heterocycles. The SMILES string of the molecule is O=C(NCCc1cnc[nH]1)C1NNC2CCCCC21. The summed E-state index contributed by atoms with van der Waals surface area (Å²) < 4.78 is 0. The van der Waals surface area contributed by atoms with Crippen molar-refractivity contribution in [2.24, 2.45) is 5.92 Å². The van der Waals surface area contributed by atoms with Crippen LogP contribution in [0.1, 0.15) is 31.4 Å². The Morgan fingerprint density at radius 2 is 2.26 bits per heavy atom. The average Bonchev–Trinajstić information content (AvgIpc) is 3.07. The van der Waals surface area contributed by atoms with E-state index in [0.29, 0.717) is 18.5 Å². The molecular weight excluding hydrogens is 242 g/mol. The summed E-state index contributed by atoms with van der Waals surface area (Å²) in [5, 5.41) is 3.01. The van der Waals surface area contributed by atoms with E-state index in [0.717, 1.165) is 18.5 Å². The van der Waals surface area contributed by atoms with Gasteiger partial charge in [-0.15, -0.1) is 0 Å². The quantitative estimate of drug-likeness (QED) is 0.621. The van der Waals surface area contributed by atoms with Crippen molar-refractivity contribution in [3.63, 3.8) is 0 Å². The van der Waals surface area contributed by atoms with Crippen LogP contribution in [0.25, 0.3) is 0 Å². The van der Waals surface area contributed by atoms with Crippen molar-refractivity contribution in [1.82, 2.24) is 26.1 Å². The number of carbonyl (C=O) groups is 1. The molecule has 1 saturated carbocycles. The number of H-pyrrole nitrogens is 1. The van der Waals surface area contributed by atoms with Crippen LogP contribution in [-0.4, -0.2) is 34.5 Å². The number of fused-ring (bicyclic) bond motifs is 1. The number of hydrogen-bond acceptors (Lipinski definition) is 4. The number of nitrogens with zero attached hydrogens (tertiary/aromatic N) is 1. The van der Waals surface area contributed by atoms with Crippen LogP contribution in [0.4, 0.5) is 0 Å². The largest absolute Gasteiger partial charge is 0.354 e. The molecular formula is C13H21N5O. The number of imidazole rings is 1. The first-order chi connectivity index (χ1) is 9.34. The summed E-state index contributed by atoms with van der Waals surface area (Å²) in [6, 6.07) is 0.393. The van der Waals surface area contributed by atoms with Gasteiger partial charge < -0.3 is 10.3 Å². The molecule has 0 radical (unpaired) electrons. The molecule has 19 heavy (non-hydrogen) atoms. The van der Waals surface area contributed by atoms with E-state index >= 15 is 0 Å². The van der Waals surface area contributed by atoms with Crippen molar-refractivity contribution in [1.29, 1.82) is 0 Å². The summed E-state index contributed by atoms with van der Waals surface area (Å²) in [7, 11) is 0. The van der Waals surface area contributed by atoms with Crippen LogP contribution in [0, 0.1) is 5.92 Å². The summed E-state index contributed by atoms with van der Waals surface area (Å²) >= 11 is 0. The Hall–Kier alpha value is -1.40. The minimum atomic E-state index is -0.0768. The molecule has 2 heterocycles. The van der Waals surface area contributed by atoms with Gasteiger partial charge in [-0.2, -0.15) is 0 Å². The number of rotatable bonds is 4. The molecule has 3 atom stereocenters. The second-order valence-electron chi connectivity index (χ2n) is 5.44. The summed E-state index contributed by atoms with van der Waals surface area (Å²) in [5.74, 6) is 0.558. The van der Waals surface area contributed by atoms with Gasteiger partial charge in [-0.1, -0.05) is 12.8 Å². The van der Waals surface area contributed by atoms with E-state index in [1.165, 1.54) is 19.3 Å². The van der Waals surface area contributed by atoms with Crippen LogP contribution < -0.4 is 16.2 Å². The normalized spacial score (nSPS) is 30.0. The maximum Gasteiger partial charge on any atom is 0.238 e. The van der Waals surface area contributed by atoms with E-state index in [9.17, 15) is 4.79 Å². The monoisotopic (exact) mass is 263 g/mol. The smallest absolute Gasteiger partial charge is 0.238 e. The fourth-order valence-corrected chi connectivity index (χ4v) is 3.15. The van der Waals surface area contributed by atoms with E-state index in [4.69, 9.17) is 0 Å². The minimum absolute atomic E-state index is 0.0768. The van der Waals surface area contributed by atoms with E-state index < -0.39 is 0 Å². The molecule has 4 N–H and O–H groups in total. The molecule has 3 rings (SSSR count). The lowest BCUT2D eigenvalue weighted by Gasteiger charge is -2.26. The number of carbonyl (C=O) groups excluding carboxylic acids is 1. The third-order valence-corrected chi connectivity index (χ3v) is 4.20. The predicted octanol–water partition coefficient (Wildman–Crippen LogP) is 0.104. The molecule has 3 unspecified atom stereocenters. The Kier molecular flexibility index (Phi) is 3.79. The molecule has 1 saturated heterocycles. The molecule has 104 valence electrons. The highest BCUT2D eigenvalue weighted by atomic mass is 16.2. The van der Waals surface area contributed by atoms with Crippen LogP contribution in [0.5, 0.6) is 0 Å². The lowest BCUT2D eigenvalue weighted by Crippen LogP contribution is -2.46. The Morgan fingerprint density at radius 1 is 1.37 bits per heavy atom. The maximum atomic E-state index is 12.2. The highest BCUT2D eigenvalue weighted by molar-refractivity contribution is 5.82. The molecule has 2 aliphatic rings. The topological polar surface area (TPSA) is 81.8 Å². The first-order valence-electron chi connectivity index (χ1n) is 7.10. The van der Waals surface area contributed by atoms with E-state index in [1.54, 1.807) is 12.5 Å². The minimum Gasteiger partial charge on any atom is -0.354 e. The average molecular weight is 263 g/mol. The summed E-state index contributed by atoms with van der Waals surface area (Å²) in [6.45, 7) is 0.649. The van der Waals surface area contributed by atoms with Crippen LogP contribution in [0.15, 0.2) is 12.5 Å². The Bertz CT molecular complexity index is 419. The summed E-state index contributed by atoms with van der Waals surface area (Å²) in [4.78, 5) is 19.2. The van der Waals surface area contributed by atoms with Gasteiger partial charge in [0.05, 0.1) is 6.33 Å². The number of amides is 1. The van der Waals surface area contributed by atoms with Gasteiger partial charge in [0, 0.05) is 36.8 Å². The van der Waals surface area contributed by atoms with Gasteiger partial charge in [-0.05, 0) is 12.8 Å². The summed E-state index contributed by atoms with van der Waals surface area (Å²) in [5.41, 5.74) is 7.48. The first kappa shape index (κ1) is 12.6. The molecule has 0 spiro atoms. The Morgan fingerprint density at radius 3 is 3.11 bits per heavy atom. The number of aromatic nitrogens is 2. The van der Waals surface area contributed by atoms with Gasteiger partial charge >= 0.3 is 0 Å². The molecule has 0 aromatic carbocycles. The molecule has 6 heteroatoms. The number of nitrogens with one attached hydrogen (secondary N) is 4.